The number of aryl methyl sites for hydroxylation is 1. The van der Waals surface area contributed by atoms with Gasteiger partial charge < -0.3 is 10.4 Å². The number of pyridine rings is 2. The molecule has 4 rings (SSSR count). The van der Waals surface area contributed by atoms with E-state index in [1.807, 2.05) is 31.4 Å². The van der Waals surface area contributed by atoms with E-state index < -0.39 is 0 Å². The second-order valence-corrected chi connectivity index (χ2v) is 6.67. The summed E-state index contributed by atoms with van der Waals surface area (Å²) in [5.74, 6) is 0.674. The smallest absolute Gasteiger partial charge is 0.154 e. The number of aliphatic hydroxyl groups is 1. The van der Waals surface area contributed by atoms with Gasteiger partial charge in [0.1, 0.15) is 0 Å². The minimum Gasteiger partial charge on any atom is -0.390 e. The van der Waals surface area contributed by atoms with Crippen molar-refractivity contribution in [2.45, 2.75) is 26.4 Å². The second kappa shape index (κ2) is 7.78. The van der Waals surface area contributed by atoms with E-state index in [0.29, 0.717) is 11.5 Å². The molecule has 28 heavy (non-hydrogen) atoms. The van der Waals surface area contributed by atoms with Crippen LogP contribution >= 0.6 is 0 Å². The van der Waals surface area contributed by atoms with E-state index in [1.54, 1.807) is 10.7 Å². The van der Waals surface area contributed by atoms with E-state index in [4.69, 9.17) is 4.98 Å². The molecule has 1 aromatic carbocycles. The normalized spacial score (nSPS) is 11.1. The third-order valence-corrected chi connectivity index (χ3v) is 4.74. The van der Waals surface area contributed by atoms with Crippen LogP contribution in [-0.2, 0) is 13.0 Å². The molecule has 6 heteroatoms. The highest BCUT2D eigenvalue weighted by Gasteiger charge is 2.13. The maximum absolute atomic E-state index is 9.41. The molecule has 0 aliphatic carbocycles. The Morgan fingerprint density at radius 1 is 1.04 bits per heavy atom. The molecule has 142 valence electrons. The van der Waals surface area contributed by atoms with Crippen molar-refractivity contribution in [1.82, 2.24) is 19.7 Å². The van der Waals surface area contributed by atoms with E-state index in [0.717, 1.165) is 46.4 Å². The van der Waals surface area contributed by atoms with Crippen LogP contribution in [0.25, 0.3) is 28.0 Å². The summed E-state index contributed by atoms with van der Waals surface area (Å²) in [6.45, 7) is 2.06. The topological polar surface area (TPSA) is 75.9 Å². The van der Waals surface area contributed by atoms with Crippen molar-refractivity contribution < 1.29 is 5.11 Å². The van der Waals surface area contributed by atoms with Crippen LogP contribution in [0.3, 0.4) is 0 Å². The van der Waals surface area contributed by atoms with Crippen LogP contribution in [-0.4, -0.2) is 31.9 Å². The number of aromatic nitrogens is 4. The zero-order chi connectivity index (χ0) is 19.5. The number of anilines is 1. The van der Waals surface area contributed by atoms with Crippen molar-refractivity contribution in [3.8, 4) is 17.1 Å². The number of hydrogen-bond acceptors (Lipinski definition) is 5. The van der Waals surface area contributed by atoms with Gasteiger partial charge in [-0.2, -0.15) is 5.10 Å². The average Bonchev–Trinajstić information content (AvgIpc) is 3.17. The molecule has 0 amide bonds. The van der Waals surface area contributed by atoms with E-state index in [1.165, 1.54) is 0 Å². The van der Waals surface area contributed by atoms with E-state index in [9.17, 15) is 5.11 Å². The minimum absolute atomic E-state index is 0.103. The Kier molecular flexibility index (Phi) is 5.04. The molecule has 6 nitrogen and oxygen atoms in total. The Labute approximate surface area is 163 Å². The summed E-state index contributed by atoms with van der Waals surface area (Å²) in [5.41, 5.74) is 5.59. The molecule has 2 N–H and O–H groups in total. The van der Waals surface area contributed by atoms with Crippen LogP contribution in [0.4, 0.5) is 5.69 Å². The van der Waals surface area contributed by atoms with Gasteiger partial charge in [0.2, 0.25) is 0 Å². The van der Waals surface area contributed by atoms with Crippen molar-refractivity contribution in [2.75, 3.05) is 12.4 Å². The molecular formula is C22H23N5O. The standard InChI is InChI=1S/C22H23N5O/c1-3-6-16-7-4-9-19(25-16)15-11-20(23-2)18-13-24-27(21(18)12-15)22-10-5-8-17(14-28)26-22/h4-5,7-13,23,28H,3,6,14H2,1-2H3. The van der Waals surface area contributed by atoms with Gasteiger partial charge in [-0.05, 0) is 42.8 Å². The average molecular weight is 373 g/mol. The molecule has 3 heterocycles. The van der Waals surface area contributed by atoms with Crippen LogP contribution in [0.15, 0.2) is 54.7 Å². The summed E-state index contributed by atoms with van der Waals surface area (Å²) < 4.78 is 1.80. The fourth-order valence-corrected chi connectivity index (χ4v) is 3.37. The fourth-order valence-electron chi connectivity index (χ4n) is 3.37. The second-order valence-electron chi connectivity index (χ2n) is 6.67. The number of benzene rings is 1. The summed E-state index contributed by atoms with van der Waals surface area (Å²) in [6.07, 6.45) is 3.86. The number of fused-ring (bicyclic) bond motifs is 1. The summed E-state index contributed by atoms with van der Waals surface area (Å²) in [7, 11) is 1.90. The van der Waals surface area contributed by atoms with Crippen LogP contribution < -0.4 is 5.32 Å². The predicted octanol–water partition coefficient (Wildman–Crippen LogP) is 3.97. The molecule has 0 spiro atoms. The summed E-state index contributed by atoms with van der Waals surface area (Å²) in [5, 5.41) is 18.2. The van der Waals surface area contributed by atoms with Gasteiger partial charge in [0.15, 0.2) is 5.82 Å². The Hall–Kier alpha value is -3.25. The molecule has 4 aromatic rings. The number of nitrogens with zero attached hydrogens (tertiary/aromatic N) is 4. The summed E-state index contributed by atoms with van der Waals surface area (Å²) in [4.78, 5) is 9.32. The Bertz CT molecular complexity index is 1120. The fraction of sp³-hybridized carbons (Fsp3) is 0.227. The quantitative estimate of drug-likeness (QED) is 0.535. The van der Waals surface area contributed by atoms with Gasteiger partial charge in [0.05, 0.1) is 29.7 Å². The highest BCUT2D eigenvalue weighted by molar-refractivity contribution is 5.96. The van der Waals surface area contributed by atoms with Gasteiger partial charge in [0.25, 0.3) is 0 Å². The largest absolute Gasteiger partial charge is 0.390 e. The van der Waals surface area contributed by atoms with Crippen molar-refractivity contribution in [3.63, 3.8) is 0 Å². The Morgan fingerprint density at radius 3 is 2.64 bits per heavy atom. The molecule has 0 unspecified atom stereocenters. The lowest BCUT2D eigenvalue weighted by atomic mass is 10.1. The van der Waals surface area contributed by atoms with Gasteiger partial charge in [0, 0.05) is 29.4 Å². The lowest BCUT2D eigenvalue weighted by Crippen LogP contribution is -2.02. The van der Waals surface area contributed by atoms with Gasteiger partial charge in [-0.15, -0.1) is 0 Å². The Balaban J connectivity index is 1.89. The molecular weight excluding hydrogens is 350 g/mol. The SMILES string of the molecule is CCCc1cccc(-c2cc(NC)c3cnn(-c4cccc(CO)n4)c3c2)n1. The third-order valence-electron chi connectivity index (χ3n) is 4.74. The first-order valence-corrected chi connectivity index (χ1v) is 9.46. The maximum Gasteiger partial charge on any atom is 0.154 e. The first-order chi connectivity index (χ1) is 13.7. The Morgan fingerprint density at radius 2 is 1.86 bits per heavy atom. The van der Waals surface area contributed by atoms with Crippen LogP contribution in [0.1, 0.15) is 24.7 Å². The van der Waals surface area contributed by atoms with Crippen LogP contribution in [0, 0.1) is 0 Å². The molecule has 0 fully saturated rings. The number of aliphatic hydroxyl groups excluding tert-OH is 1. The lowest BCUT2D eigenvalue weighted by molar-refractivity contribution is 0.276. The van der Waals surface area contributed by atoms with Crippen molar-refractivity contribution >= 4 is 16.6 Å². The van der Waals surface area contributed by atoms with Gasteiger partial charge in [-0.1, -0.05) is 25.5 Å². The molecule has 0 aliphatic heterocycles. The molecule has 0 bridgehead atoms. The van der Waals surface area contributed by atoms with Crippen LogP contribution in [0.2, 0.25) is 0 Å². The number of rotatable bonds is 6. The van der Waals surface area contributed by atoms with Crippen molar-refractivity contribution in [2.24, 2.45) is 0 Å². The van der Waals surface area contributed by atoms with Crippen molar-refractivity contribution in [1.29, 1.82) is 0 Å². The highest BCUT2D eigenvalue weighted by atomic mass is 16.3. The van der Waals surface area contributed by atoms with Gasteiger partial charge >= 0.3 is 0 Å². The molecule has 0 radical (unpaired) electrons. The van der Waals surface area contributed by atoms with E-state index in [2.05, 4.69) is 46.6 Å². The highest BCUT2D eigenvalue weighted by Crippen LogP contribution is 2.31. The molecule has 0 saturated carbocycles. The molecule has 0 aliphatic rings. The summed E-state index contributed by atoms with van der Waals surface area (Å²) in [6, 6.07) is 15.9. The zero-order valence-electron chi connectivity index (χ0n) is 16.1. The molecule has 0 atom stereocenters. The van der Waals surface area contributed by atoms with E-state index in [-0.39, 0.29) is 6.61 Å². The maximum atomic E-state index is 9.41. The first kappa shape index (κ1) is 18.1. The number of nitrogens with one attached hydrogen (secondary N) is 1. The molecule has 0 saturated heterocycles. The first-order valence-electron chi connectivity index (χ1n) is 9.46. The molecule has 3 aromatic heterocycles. The summed E-state index contributed by atoms with van der Waals surface area (Å²) >= 11 is 0. The third kappa shape index (κ3) is 3.34. The van der Waals surface area contributed by atoms with Gasteiger partial charge in [-0.3, -0.25) is 4.98 Å². The monoisotopic (exact) mass is 373 g/mol. The van der Waals surface area contributed by atoms with Crippen LogP contribution in [0.5, 0.6) is 0 Å². The minimum atomic E-state index is -0.103. The van der Waals surface area contributed by atoms with Gasteiger partial charge in [-0.25, -0.2) is 9.67 Å². The lowest BCUT2D eigenvalue weighted by Gasteiger charge is -2.10. The zero-order valence-corrected chi connectivity index (χ0v) is 16.1. The predicted molar refractivity (Wildman–Crippen MR) is 112 cm³/mol. The van der Waals surface area contributed by atoms with E-state index >= 15 is 0 Å². The number of hydrogen-bond donors (Lipinski definition) is 2. The van der Waals surface area contributed by atoms with Crippen molar-refractivity contribution in [3.05, 3.63) is 66.1 Å².